The standard InChI is InChI=1S/C15H18N4O5S/c1-3-9(14(22)23-4-2)25-15-18-11(16)10(13(21)19-15)17-12(20)8-6-5-7-24-8/h5-7,9H,3-4H2,1-2H3,(H,17,20)(H3,16,18,19,21). The Labute approximate surface area is 147 Å². The molecule has 0 aliphatic rings. The van der Waals surface area contributed by atoms with Gasteiger partial charge in [-0.1, -0.05) is 18.7 Å². The van der Waals surface area contributed by atoms with E-state index in [1.165, 1.54) is 12.3 Å². The van der Waals surface area contributed by atoms with Gasteiger partial charge in [0.2, 0.25) is 0 Å². The second kappa shape index (κ2) is 8.38. The van der Waals surface area contributed by atoms with Crippen molar-refractivity contribution in [2.24, 2.45) is 0 Å². The van der Waals surface area contributed by atoms with Crippen LogP contribution in [0.15, 0.2) is 32.8 Å². The Bertz CT molecular complexity index is 803. The third-order valence-corrected chi connectivity index (χ3v) is 4.31. The van der Waals surface area contributed by atoms with Gasteiger partial charge in [-0.25, -0.2) is 4.98 Å². The van der Waals surface area contributed by atoms with E-state index in [0.29, 0.717) is 6.42 Å². The van der Waals surface area contributed by atoms with E-state index in [1.807, 2.05) is 6.92 Å². The van der Waals surface area contributed by atoms with E-state index in [-0.39, 0.29) is 29.0 Å². The molecule has 1 atom stereocenters. The fourth-order valence-corrected chi connectivity index (χ4v) is 2.80. The van der Waals surface area contributed by atoms with Gasteiger partial charge < -0.3 is 20.2 Å². The van der Waals surface area contributed by atoms with Gasteiger partial charge in [-0.2, -0.15) is 0 Å². The van der Waals surface area contributed by atoms with Gasteiger partial charge in [-0.05, 0) is 25.5 Å². The van der Waals surface area contributed by atoms with Gasteiger partial charge in [-0.3, -0.25) is 19.4 Å². The first kappa shape index (κ1) is 18.6. The topological polar surface area (TPSA) is 140 Å². The molecule has 2 aromatic rings. The molecule has 0 saturated carbocycles. The second-order valence-electron chi connectivity index (χ2n) is 4.83. The van der Waals surface area contributed by atoms with E-state index in [1.54, 1.807) is 13.0 Å². The van der Waals surface area contributed by atoms with Crippen LogP contribution >= 0.6 is 11.8 Å². The second-order valence-corrected chi connectivity index (χ2v) is 6.02. The quantitative estimate of drug-likeness (QED) is 0.381. The first-order chi connectivity index (χ1) is 12.0. The van der Waals surface area contributed by atoms with E-state index in [0.717, 1.165) is 11.8 Å². The largest absolute Gasteiger partial charge is 0.465 e. The van der Waals surface area contributed by atoms with Crippen LogP contribution < -0.4 is 16.6 Å². The van der Waals surface area contributed by atoms with Crippen LogP contribution in [0.1, 0.15) is 30.8 Å². The molecule has 0 bridgehead atoms. The molecule has 0 saturated heterocycles. The number of aromatic nitrogens is 2. The van der Waals surface area contributed by atoms with E-state index < -0.39 is 22.7 Å². The number of hydrogen-bond acceptors (Lipinski definition) is 8. The number of amides is 1. The third-order valence-electron chi connectivity index (χ3n) is 3.08. The lowest BCUT2D eigenvalue weighted by atomic mass is 10.3. The maximum absolute atomic E-state index is 12.2. The summed E-state index contributed by atoms with van der Waals surface area (Å²) in [6.07, 6.45) is 1.82. The minimum atomic E-state index is -0.631. The maximum atomic E-state index is 12.2. The Balaban J connectivity index is 2.18. The molecule has 2 heterocycles. The summed E-state index contributed by atoms with van der Waals surface area (Å²) in [6.45, 7) is 3.79. The van der Waals surface area contributed by atoms with Crippen molar-refractivity contribution in [3.05, 3.63) is 34.5 Å². The van der Waals surface area contributed by atoms with E-state index in [4.69, 9.17) is 14.9 Å². The monoisotopic (exact) mass is 366 g/mol. The number of nitrogen functional groups attached to an aromatic ring is 1. The first-order valence-corrected chi connectivity index (χ1v) is 8.42. The van der Waals surface area contributed by atoms with Crippen molar-refractivity contribution in [2.45, 2.75) is 30.7 Å². The lowest BCUT2D eigenvalue weighted by Crippen LogP contribution is -2.24. The Morgan fingerprint density at radius 3 is 2.80 bits per heavy atom. The predicted octanol–water partition coefficient (Wildman–Crippen LogP) is 1.63. The van der Waals surface area contributed by atoms with Crippen LogP contribution in [0.5, 0.6) is 0 Å². The molecule has 4 N–H and O–H groups in total. The SMILES string of the molecule is CCOC(=O)C(CC)Sc1nc(N)c(NC(=O)c2ccco2)c(=O)[nH]1. The molecule has 1 unspecified atom stereocenters. The molecule has 0 fully saturated rings. The van der Waals surface area contributed by atoms with Gasteiger partial charge in [0, 0.05) is 0 Å². The molecule has 2 aromatic heterocycles. The number of esters is 1. The molecule has 25 heavy (non-hydrogen) atoms. The summed E-state index contributed by atoms with van der Waals surface area (Å²) in [6, 6.07) is 2.99. The zero-order valence-electron chi connectivity index (χ0n) is 13.7. The number of nitrogens with zero attached hydrogens (tertiary/aromatic N) is 1. The Hall–Kier alpha value is -2.75. The van der Waals surface area contributed by atoms with Gasteiger partial charge in [0.05, 0.1) is 12.9 Å². The molecule has 0 aromatic carbocycles. The van der Waals surface area contributed by atoms with Crippen LogP contribution in [0.3, 0.4) is 0 Å². The molecule has 0 aliphatic carbocycles. The van der Waals surface area contributed by atoms with Crippen molar-refractivity contribution in [1.29, 1.82) is 0 Å². The van der Waals surface area contributed by atoms with Crippen molar-refractivity contribution in [3.63, 3.8) is 0 Å². The summed E-state index contributed by atoms with van der Waals surface area (Å²) < 4.78 is 9.91. The number of hydrogen-bond donors (Lipinski definition) is 3. The van der Waals surface area contributed by atoms with Gasteiger partial charge in [0.25, 0.3) is 11.5 Å². The molecule has 134 valence electrons. The van der Waals surface area contributed by atoms with Crippen LogP contribution in [0.2, 0.25) is 0 Å². The molecular weight excluding hydrogens is 348 g/mol. The number of thioether (sulfide) groups is 1. The number of H-pyrrole nitrogens is 1. The smallest absolute Gasteiger partial charge is 0.319 e. The van der Waals surface area contributed by atoms with Crippen LogP contribution in [0.4, 0.5) is 11.5 Å². The average Bonchev–Trinajstić information content (AvgIpc) is 3.10. The number of nitrogens with one attached hydrogen (secondary N) is 2. The highest BCUT2D eigenvalue weighted by Crippen LogP contribution is 2.24. The molecule has 0 aliphatic heterocycles. The highest BCUT2D eigenvalue weighted by atomic mass is 32.2. The molecule has 0 spiro atoms. The van der Waals surface area contributed by atoms with Crippen molar-refractivity contribution in [2.75, 3.05) is 17.7 Å². The minimum Gasteiger partial charge on any atom is -0.465 e. The van der Waals surface area contributed by atoms with Crippen molar-refractivity contribution >= 4 is 35.1 Å². The zero-order valence-corrected chi connectivity index (χ0v) is 14.5. The Morgan fingerprint density at radius 2 is 2.24 bits per heavy atom. The van der Waals surface area contributed by atoms with Crippen molar-refractivity contribution < 1.29 is 18.7 Å². The summed E-state index contributed by atoms with van der Waals surface area (Å²) >= 11 is 1.04. The summed E-state index contributed by atoms with van der Waals surface area (Å²) in [5.41, 5.74) is 4.95. The predicted molar refractivity (Wildman–Crippen MR) is 92.5 cm³/mol. The highest BCUT2D eigenvalue weighted by Gasteiger charge is 2.22. The minimum absolute atomic E-state index is 0.0330. The van der Waals surface area contributed by atoms with Crippen LogP contribution in [-0.4, -0.2) is 33.7 Å². The fourth-order valence-electron chi connectivity index (χ4n) is 1.90. The van der Waals surface area contributed by atoms with Gasteiger partial charge in [-0.15, -0.1) is 0 Å². The summed E-state index contributed by atoms with van der Waals surface area (Å²) in [7, 11) is 0. The Kier molecular flexibility index (Phi) is 6.23. The number of furan rings is 1. The van der Waals surface area contributed by atoms with Crippen molar-refractivity contribution in [1.82, 2.24) is 9.97 Å². The van der Waals surface area contributed by atoms with Crippen LogP contribution in [0, 0.1) is 0 Å². The molecule has 0 radical (unpaired) electrons. The van der Waals surface area contributed by atoms with Gasteiger partial charge >= 0.3 is 5.97 Å². The number of ether oxygens (including phenoxy) is 1. The van der Waals surface area contributed by atoms with Gasteiger partial charge in [0.1, 0.15) is 5.25 Å². The lowest BCUT2D eigenvalue weighted by Gasteiger charge is -2.13. The lowest BCUT2D eigenvalue weighted by molar-refractivity contribution is -0.142. The van der Waals surface area contributed by atoms with Gasteiger partial charge in [0.15, 0.2) is 22.4 Å². The number of anilines is 2. The number of rotatable bonds is 7. The fraction of sp³-hybridized carbons (Fsp3) is 0.333. The Morgan fingerprint density at radius 1 is 1.48 bits per heavy atom. The molecule has 2 rings (SSSR count). The normalized spacial score (nSPS) is 11.8. The van der Waals surface area contributed by atoms with Crippen LogP contribution in [-0.2, 0) is 9.53 Å². The maximum Gasteiger partial charge on any atom is 0.319 e. The number of carbonyl (C=O) groups excluding carboxylic acids is 2. The molecular formula is C15H18N4O5S. The third kappa shape index (κ3) is 4.63. The van der Waals surface area contributed by atoms with E-state index in [2.05, 4.69) is 15.3 Å². The first-order valence-electron chi connectivity index (χ1n) is 7.54. The summed E-state index contributed by atoms with van der Waals surface area (Å²) in [4.78, 5) is 42.5. The number of nitrogens with two attached hydrogens (primary N) is 1. The highest BCUT2D eigenvalue weighted by molar-refractivity contribution is 8.00. The molecule has 9 nitrogen and oxygen atoms in total. The van der Waals surface area contributed by atoms with Crippen molar-refractivity contribution in [3.8, 4) is 0 Å². The van der Waals surface area contributed by atoms with E-state index in [9.17, 15) is 14.4 Å². The van der Waals surface area contributed by atoms with E-state index >= 15 is 0 Å². The average molecular weight is 366 g/mol. The molecule has 10 heteroatoms. The summed E-state index contributed by atoms with van der Waals surface area (Å²) in [5.74, 6) is -1.15. The summed E-state index contributed by atoms with van der Waals surface area (Å²) in [5, 5.41) is 2.00. The van der Waals surface area contributed by atoms with Crippen LogP contribution in [0.25, 0.3) is 0 Å². The number of carbonyl (C=O) groups is 2. The zero-order chi connectivity index (χ0) is 18.4. The molecule has 1 amide bonds. The number of aromatic amines is 1.